The molecule has 0 fully saturated rings. The highest BCUT2D eigenvalue weighted by atomic mass is 35.5. The van der Waals surface area contributed by atoms with E-state index >= 15 is 0 Å². The van der Waals surface area contributed by atoms with Crippen LogP contribution in [0.4, 0.5) is 8.78 Å². The fourth-order valence-electron chi connectivity index (χ4n) is 0.783. The molecule has 66 valence electrons. The third-order valence-corrected chi connectivity index (χ3v) is 1.73. The van der Waals surface area contributed by atoms with Crippen LogP contribution in [0.5, 0.6) is 0 Å². The molecule has 0 radical (unpaired) electrons. The normalized spacial score (nSPS) is 13.4. The third kappa shape index (κ3) is 1.89. The Kier molecular flexibility index (Phi) is 2.94. The van der Waals surface area contributed by atoms with Gasteiger partial charge in [-0.05, 0) is 6.07 Å². The van der Waals surface area contributed by atoms with Crippen LogP contribution in [0.3, 0.4) is 0 Å². The van der Waals surface area contributed by atoms with E-state index in [1.165, 1.54) is 18.3 Å². The molecule has 1 aromatic heterocycles. The molecule has 1 heterocycles. The van der Waals surface area contributed by atoms with Gasteiger partial charge in [0.2, 0.25) is 0 Å². The SMILES string of the molecule is N[C@H](c1cccnc1Cl)C(F)F. The van der Waals surface area contributed by atoms with Gasteiger partial charge in [0.25, 0.3) is 6.43 Å². The molecule has 0 spiro atoms. The van der Waals surface area contributed by atoms with Gasteiger partial charge in [0, 0.05) is 11.8 Å². The van der Waals surface area contributed by atoms with Crippen LogP contribution >= 0.6 is 11.6 Å². The fourth-order valence-corrected chi connectivity index (χ4v) is 1.03. The predicted octanol–water partition coefficient (Wildman–Crippen LogP) is 2.00. The zero-order chi connectivity index (χ0) is 9.14. The van der Waals surface area contributed by atoms with Crippen molar-refractivity contribution >= 4 is 11.6 Å². The molecule has 1 aromatic rings. The molecule has 0 saturated carbocycles. The second-order valence-corrected chi connectivity index (χ2v) is 2.60. The molecule has 0 amide bonds. The van der Waals surface area contributed by atoms with E-state index in [0.717, 1.165) is 0 Å². The molecular formula is C7H7ClF2N2. The van der Waals surface area contributed by atoms with Gasteiger partial charge in [-0.3, -0.25) is 0 Å². The van der Waals surface area contributed by atoms with Gasteiger partial charge >= 0.3 is 0 Å². The van der Waals surface area contributed by atoms with Crippen LogP contribution in [0.1, 0.15) is 11.6 Å². The summed E-state index contributed by atoms with van der Waals surface area (Å²) >= 11 is 5.54. The Hall–Kier alpha value is -0.740. The van der Waals surface area contributed by atoms with Gasteiger partial charge in [-0.25, -0.2) is 13.8 Å². The highest BCUT2D eigenvalue weighted by molar-refractivity contribution is 6.30. The Bertz CT molecular complexity index is 267. The van der Waals surface area contributed by atoms with Crippen LogP contribution in [0, 0.1) is 0 Å². The first-order valence-electron chi connectivity index (χ1n) is 3.27. The van der Waals surface area contributed by atoms with Crippen LogP contribution in [-0.2, 0) is 0 Å². The molecule has 0 unspecified atom stereocenters. The summed E-state index contributed by atoms with van der Waals surface area (Å²) in [5.41, 5.74) is 5.34. The number of halogens is 3. The number of aromatic nitrogens is 1. The molecule has 12 heavy (non-hydrogen) atoms. The number of pyridine rings is 1. The largest absolute Gasteiger partial charge is 0.319 e. The van der Waals surface area contributed by atoms with Crippen molar-refractivity contribution in [3.05, 3.63) is 29.0 Å². The van der Waals surface area contributed by atoms with Gasteiger partial charge in [0.05, 0.1) is 6.04 Å². The van der Waals surface area contributed by atoms with E-state index in [9.17, 15) is 8.78 Å². The topological polar surface area (TPSA) is 38.9 Å². The van der Waals surface area contributed by atoms with Crippen molar-refractivity contribution in [1.82, 2.24) is 4.98 Å². The first-order valence-corrected chi connectivity index (χ1v) is 3.65. The maximum absolute atomic E-state index is 12.1. The van der Waals surface area contributed by atoms with Crippen molar-refractivity contribution in [1.29, 1.82) is 0 Å². The Morgan fingerprint density at radius 1 is 1.50 bits per heavy atom. The minimum absolute atomic E-state index is 0.0327. The first kappa shape index (κ1) is 9.35. The van der Waals surface area contributed by atoms with Crippen molar-refractivity contribution in [3.63, 3.8) is 0 Å². The van der Waals surface area contributed by atoms with Crippen LogP contribution in [-0.4, -0.2) is 11.4 Å². The molecular weight excluding hydrogens is 186 g/mol. The lowest BCUT2D eigenvalue weighted by Gasteiger charge is -2.10. The standard InChI is InChI=1S/C7H7ClF2N2/c8-6-4(2-1-3-12-6)5(11)7(9)10/h1-3,5,7H,11H2/t5-/m1/s1. The summed E-state index contributed by atoms with van der Waals surface area (Å²) in [6.07, 6.45) is -1.20. The average molecular weight is 193 g/mol. The highest BCUT2D eigenvalue weighted by Crippen LogP contribution is 2.22. The summed E-state index contributed by atoms with van der Waals surface area (Å²) < 4.78 is 24.2. The van der Waals surface area contributed by atoms with E-state index < -0.39 is 12.5 Å². The molecule has 5 heteroatoms. The lowest BCUT2D eigenvalue weighted by Crippen LogP contribution is -2.19. The number of alkyl halides is 2. The van der Waals surface area contributed by atoms with E-state index in [1.54, 1.807) is 0 Å². The molecule has 0 aromatic carbocycles. The Balaban J connectivity index is 2.94. The van der Waals surface area contributed by atoms with E-state index in [-0.39, 0.29) is 10.7 Å². The second kappa shape index (κ2) is 3.78. The molecule has 0 aliphatic carbocycles. The zero-order valence-corrected chi connectivity index (χ0v) is 6.80. The van der Waals surface area contributed by atoms with Crippen molar-refractivity contribution in [3.8, 4) is 0 Å². The molecule has 2 nitrogen and oxygen atoms in total. The van der Waals surface area contributed by atoms with Gasteiger partial charge in [-0.1, -0.05) is 17.7 Å². The van der Waals surface area contributed by atoms with E-state index in [4.69, 9.17) is 17.3 Å². The third-order valence-electron chi connectivity index (χ3n) is 1.42. The fraction of sp³-hybridized carbons (Fsp3) is 0.286. The predicted molar refractivity (Wildman–Crippen MR) is 42.2 cm³/mol. The maximum Gasteiger partial charge on any atom is 0.257 e. The molecule has 1 atom stereocenters. The minimum atomic E-state index is -2.62. The van der Waals surface area contributed by atoms with Crippen LogP contribution in [0.2, 0.25) is 5.15 Å². The second-order valence-electron chi connectivity index (χ2n) is 2.24. The minimum Gasteiger partial charge on any atom is -0.319 e. The molecule has 0 aliphatic heterocycles. The summed E-state index contributed by atoms with van der Waals surface area (Å²) in [7, 11) is 0. The van der Waals surface area contributed by atoms with Gasteiger partial charge in [-0.15, -0.1) is 0 Å². The smallest absolute Gasteiger partial charge is 0.257 e. The number of rotatable bonds is 2. The Morgan fingerprint density at radius 3 is 2.67 bits per heavy atom. The number of hydrogen-bond acceptors (Lipinski definition) is 2. The van der Waals surface area contributed by atoms with Crippen LogP contribution in [0.25, 0.3) is 0 Å². The van der Waals surface area contributed by atoms with Gasteiger partial charge in [0.15, 0.2) is 0 Å². The number of nitrogens with two attached hydrogens (primary N) is 1. The lowest BCUT2D eigenvalue weighted by atomic mass is 10.1. The zero-order valence-electron chi connectivity index (χ0n) is 6.05. The lowest BCUT2D eigenvalue weighted by molar-refractivity contribution is 0.116. The monoisotopic (exact) mass is 192 g/mol. The number of hydrogen-bond donors (Lipinski definition) is 1. The average Bonchev–Trinajstić information content (AvgIpc) is 2.04. The summed E-state index contributed by atoms with van der Waals surface area (Å²) in [5, 5.41) is 0.0327. The van der Waals surface area contributed by atoms with Crippen molar-refractivity contribution in [2.45, 2.75) is 12.5 Å². The summed E-state index contributed by atoms with van der Waals surface area (Å²) in [5.74, 6) is 0. The Morgan fingerprint density at radius 2 is 2.17 bits per heavy atom. The van der Waals surface area contributed by atoms with Crippen LogP contribution < -0.4 is 5.73 Å². The molecule has 0 bridgehead atoms. The van der Waals surface area contributed by atoms with Crippen molar-refractivity contribution < 1.29 is 8.78 Å². The Labute approximate surface area is 73.4 Å². The van der Waals surface area contributed by atoms with Crippen molar-refractivity contribution in [2.75, 3.05) is 0 Å². The first-order chi connectivity index (χ1) is 5.63. The van der Waals surface area contributed by atoms with E-state index in [2.05, 4.69) is 4.98 Å². The van der Waals surface area contributed by atoms with E-state index in [0.29, 0.717) is 0 Å². The summed E-state index contributed by atoms with van der Waals surface area (Å²) in [6.45, 7) is 0. The highest BCUT2D eigenvalue weighted by Gasteiger charge is 2.19. The molecule has 1 rings (SSSR count). The van der Waals surface area contributed by atoms with Gasteiger partial charge < -0.3 is 5.73 Å². The van der Waals surface area contributed by atoms with Gasteiger partial charge in [-0.2, -0.15) is 0 Å². The van der Waals surface area contributed by atoms with Crippen molar-refractivity contribution in [2.24, 2.45) is 5.73 Å². The summed E-state index contributed by atoms with van der Waals surface area (Å²) in [4.78, 5) is 3.63. The quantitative estimate of drug-likeness (QED) is 0.728. The van der Waals surface area contributed by atoms with Gasteiger partial charge in [0.1, 0.15) is 5.15 Å². The summed E-state index contributed by atoms with van der Waals surface area (Å²) in [6, 6.07) is 1.60. The molecule has 0 saturated heterocycles. The number of nitrogens with zero attached hydrogens (tertiary/aromatic N) is 1. The molecule has 2 N–H and O–H groups in total. The van der Waals surface area contributed by atoms with E-state index in [1.807, 2.05) is 0 Å². The maximum atomic E-state index is 12.1. The van der Waals surface area contributed by atoms with Crippen LogP contribution in [0.15, 0.2) is 18.3 Å². The molecule has 0 aliphatic rings.